The van der Waals surface area contributed by atoms with Gasteiger partial charge in [0.2, 0.25) is 0 Å². The summed E-state index contributed by atoms with van der Waals surface area (Å²) >= 11 is 0. The summed E-state index contributed by atoms with van der Waals surface area (Å²) in [6.45, 7) is 5.73. The van der Waals surface area contributed by atoms with Crippen molar-refractivity contribution in [3.8, 4) is 0 Å². The summed E-state index contributed by atoms with van der Waals surface area (Å²) in [5.74, 6) is -3.31. The Labute approximate surface area is 441 Å². The summed E-state index contributed by atoms with van der Waals surface area (Å²) < 4.78 is 28.2. The molecule has 0 aromatic carbocycles. The monoisotopic (exact) mass is 1020 g/mol. The molecule has 6 unspecified atom stereocenters. The van der Waals surface area contributed by atoms with Gasteiger partial charge in [0, 0.05) is 12.8 Å². The van der Waals surface area contributed by atoms with Gasteiger partial charge in [0.25, 0.3) is 0 Å². The van der Waals surface area contributed by atoms with Crippen LogP contribution in [0.5, 0.6) is 0 Å². The van der Waals surface area contributed by atoms with E-state index in [0.717, 1.165) is 96.3 Å². The third-order valence-corrected chi connectivity index (χ3v) is 12.5. The number of rotatable bonds is 47. The van der Waals surface area contributed by atoms with Gasteiger partial charge in [-0.15, -0.1) is 0 Å². The first kappa shape index (κ1) is 66.9. The minimum atomic E-state index is -1.92. The Morgan fingerprint density at radius 3 is 1.41 bits per heavy atom. The number of aliphatic hydroxyl groups excluding tert-OH is 2. The molecule has 0 saturated carbocycles. The predicted octanol–water partition coefficient (Wildman–Crippen LogP) is 14.3. The number of carboxylic acids is 1. The number of hydrogen-bond acceptors (Lipinski definition) is 11. The molecule has 1 fully saturated rings. The van der Waals surface area contributed by atoms with Crippen LogP contribution in [0.2, 0.25) is 0 Å². The number of carboxylic acid groups (broad SMARTS) is 1. The van der Waals surface area contributed by atoms with Gasteiger partial charge >= 0.3 is 23.9 Å². The smallest absolute Gasteiger partial charge is 0.335 e. The van der Waals surface area contributed by atoms with Crippen LogP contribution in [-0.4, -0.2) is 89.2 Å². The fourth-order valence-corrected chi connectivity index (χ4v) is 8.07. The molecule has 0 radical (unpaired) electrons. The number of hydrogen-bond donors (Lipinski definition) is 3. The van der Waals surface area contributed by atoms with Crippen LogP contribution < -0.4 is 0 Å². The zero-order chi connectivity index (χ0) is 53.3. The van der Waals surface area contributed by atoms with Crippen molar-refractivity contribution in [2.45, 2.75) is 263 Å². The summed E-state index contributed by atoms with van der Waals surface area (Å²) in [6, 6.07) is 0. The van der Waals surface area contributed by atoms with Crippen LogP contribution in [0.3, 0.4) is 0 Å². The van der Waals surface area contributed by atoms with E-state index in [1.165, 1.54) is 70.6 Å². The summed E-state index contributed by atoms with van der Waals surface area (Å²) in [5, 5.41) is 31.4. The average molecular weight is 1030 g/mol. The maximum absolute atomic E-state index is 13.1. The number of carbonyl (C=O) groups excluding carboxylic acids is 3. The van der Waals surface area contributed by atoms with E-state index in [1.807, 2.05) is 18.2 Å². The third kappa shape index (κ3) is 39.0. The molecular formula is C61H100O12. The molecule has 73 heavy (non-hydrogen) atoms. The summed E-state index contributed by atoms with van der Waals surface area (Å²) in [7, 11) is 0. The molecular weight excluding hydrogens is 925 g/mol. The van der Waals surface area contributed by atoms with Gasteiger partial charge < -0.3 is 39.0 Å². The van der Waals surface area contributed by atoms with Gasteiger partial charge in [0.15, 0.2) is 24.6 Å². The summed E-state index contributed by atoms with van der Waals surface area (Å²) in [6.07, 6.45) is 50.2. The Kier molecular flexibility index (Phi) is 44.7. The maximum Gasteiger partial charge on any atom is 0.335 e. The molecule has 0 aromatic heterocycles. The van der Waals surface area contributed by atoms with Gasteiger partial charge in [-0.25, -0.2) is 4.79 Å². The third-order valence-electron chi connectivity index (χ3n) is 12.5. The van der Waals surface area contributed by atoms with Crippen molar-refractivity contribution in [3.05, 3.63) is 85.1 Å². The van der Waals surface area contributed by atoms with Gasteiger partial charge in [-0.2, -0.15) is 0 Å². The highest BCUT2D eigenvalue weighted by atomic mass is 16.7. The minimum Gasteiger partial charge on any atom is -0.479 e. The first-order chi connectivity index (χ1) is 35.6. The molecule has 1 saturated heterocycles. The van der Waals surface area contributed by atoms with Gasteiger partial charge in [0.05, 0.1) is 13.0 Å². The number of aliphatic hydroxyl groups is 2. The highest BCUT2D eigenvalue weighted by Gasteiger charge is 2.50. The summed E-state index contributed by atoms with van der Waals surface area (Å²) in [5.41, 5.74) is 0. The Morgan fingerprint density at radius 1 is 0.479 bits per heavy atom. The Hall–Kier alpha value is -4.10. The van der Waals surface area contributed by atoms with Crippen LogP contribution >= 0.6 is 0 Å². The van der Waals surface area contributed by atoms with Gasteiger partial charge in [0.1, 0.15) is 18.8 Å². The number of carbonyl (C=O) groups is 4. The van der Waals surface area contributed by atoms with Crippen molar-refractivity contribution in [1.29, 1.82) is 0 Å². The second-order valence-electron chi connectivity index (χ2n) is 19.2. The topological polar surface area (TPSA) is 175 Å². The summed E-state index contributed by atoms with van der Waals surface area (Å²) in [4.78, 5) is 50.9. The van der Waals surface area contributed by atoms with Crippen LogP contribution in [0, 0.1) is 0 Å². The molecule has 0 aliphatic carbocycles. The predicted molar refractivity (Wildman–Crippen MR) is 294 cm³/mol. The Morgan fingerprint density at radius 2 is 0.918 bits per heavy atom. The molecule has 0 spiro atoms. The van der Waals surface area contributed by atoms with Gasteiger partial charge in [-0.3, -0.25) is 14.4 Å². The second kappa shape index (κ2) is 48.8. The van der Waals surface area contributed by atoms with Crippen molar-refractivity contribution in [2.75, 3.05) is 13.2 Å². The molecule has 3 N–H and O–H groups in total. The largest absolute Gasteiger partial charge is 0.479 e. The lowest BCUT2D eigenvalue weighted by Crippen LogP contribution is -2.61. The average Bonchev–Trinajstić information content (AvgIpc) is 3.37. The van der Waals surface area contributed by atoms with Gasteiger partial charge in [-0.1, -0.05) is 202 Å². The minimum absolute atomic E-state index is 0.0363. The lowest BCUT2D eigenvalue weighted by atomic mass is 9.98. The molecule has 416 valence electrons. The number of unbranched alkanes of at least 4 members (excludes halogenated alkanes) is 20. The highest BCUT2D eigenvalue weighted by Crippen LogP contribution is 2.26. The van der Waals surface area contributed by atoms with Crippen molar-refractivity contribution >= 4 is 23.9 Å². The van der Waals surface area contributed by atoms with Crippen molar-refractivity contribution in [3.63, 3.8) is 0 Å². The SMILES string of the molecule is CC/C=C\C/C=C\C/C=C\C/C=C\C/C=C\CC(=O)OC(COC(=O)CCCCCCCCC/C=C\CCCCCCCC)COC1OC(C(=O)O)C(O)C(O)C1OC(=O)CCCCCCC/C=C\CCCC. The van der Waals surface area contributed by atoms with Crippen LogP contribution in [0.15, 0.2) is 85.1 Å². The number of aliphatic carboxylic acids is 1. The second-order valence-corrected chi connectivity index (χ2v) is 19.2. The van der Waals surface area contributed by atoms with E-state index < -0.39 is 67.3 Å². The molecule has 1 rings (SSSR count). The molecule has 1 heterocycles. The van der Waals surface area contributed by atoms with Crippen molar-refractivity contribution in [2.24, 2.45) is 0 Å². The van der Waals surface area contributed by atoms with Crippen molar-refractivity contribution in [1.82, 2.24) is 0 Å². The van der Waals surface area contributed by atoms with E-state index in [0.29, 0.717) is 19.3 Å². The van der Waals surface area contributed by atoms with Crippen LogP contribution in [0.25, 0.3) is 0 Å². The number of esters is 3. The lowest BCUT2D eigenvalue weighted by molar-refractivity contribution is -0.301. The van der Waals surface area contributed by atoms with Crippen LogP contribution in [0.4, 0.5) is 0 Å². The van der Waals surface area contributed by atoms with E-state index in [4.69, 9.17) is 23.7 Å². The fraction of sp³-hybridized carbons (Fsp3) is 0.705. The van der Waals surface area contributed by atoms with Crippen LogP contribution in [-0.2, 0) is 42.9 Å². The van der Waals surface area contributed by atoms with E-state index in [2.05, 4.69) is 81.5 Å². The zero-order valence-corrected chi connectivity index (χ0v) is 45.6. The van der Waals surface area contributed by atoms with E-state index in [-0.39, 0.29) is 25.9 Å². The Balaban J connectivity index is 2.76. The molecule has 1 aliphatic rings. The Bertz CT molecular complexity index is 1590. The molecule has 12 nitrogen and oxygen atoms in total. The zero-order valence-electron chi connectivity index (χ0n) is 45.6. The van der Waals surface area contributed by atoms with Crippen molar-refractivity contribution < 1.29 is 58.2 Å². The quantitative estimate of drug-likeness (QED) is 0.0228. The first-order valence-electron chi connectivity index (χ1n) is 28.6. The lowest BCUT2D eigenvalue weighted by Gasteiger charge is -2.40. The molecule has 1 aliphatic heterocycles. The van der Waals surface area contributed by atoms with E-state index in [9.17, 15) is 34.5 Å². The van der Waals surface area contributed by atoms with Gasteiger partial charge in [-0.05, 0) is 89.9 Å². The normalized spacial score (nSPS) is 18.9. The molecule has 12 heteroatoms. The highest BCUT2D eigenvalue weighted by molar-refractivity contribution is 5.74. The first-order valence-corrected chi connectivity index (χ1v) is 28.6. The standard InChI is InChI=1S/C61H100O12/c1-4-7-10-13-16-19-22-24-26-27-29-30-33-35-38-41-44-47-53(62)69-50-52(71-54(63)48-45-42-39-37-34-31-28-25-23-20-17-14-11-8-5-2)51-70-61-59(57(66)56(65)58(73-61)60(67)68)72-55(64)49-46-43-40-36-32-21-18-15-12-9-6-3/h8,11,15,17-18,20,24-26,28,34,37,42,45,52,56-59,61,65-66H,4-7,9-10,12-14,16,19,21-23,27,29-33,35-36,38-41,43-44,46-51H2,1-3H3,(H,67,68)/b11-8-,18-15-,20-17-,26-24-,28-25-,37-34-,45-42-. The fourth-order valence-electron chi connectivity index (χ4n) is 8.07. The number of allylic oxidation sites excluding steroid dienone is 13. The van der Waals surface area contributed by atoms with E-state index >= 15 is 0 Å². The molecule has 0 bridgehead atoms. The molecule has 0 amide bonds. The maximum atomic E-state index is 13.1. The number of ether oxygens (including phenoxy) is 5. The molecule has 6 atom stereocenters. The van der Waals surface area contributed by atoms with Crippen LogP contribution in [0.1, 0.15) is 226 Å². The molecule has 0 aromatic rings. The van der Waals surface area contributed by atoms with E-state index in [1.54, 1.807) is 6.08 Å².